The first-order valence-electron chi connectivity index (χ1n) is 7.92. The normalized spacial score (nSPS) is 12.2. The first-order valence-corrected chi connectivity index (χ1v) is 9.79. The van der Waals surface area contributed by atoms with Gasteiger partial charge in [-0.25, -0.2) is 4.98 Å². The number of aromatic nitrogens is 2. The fraction of sp³-hybridized carbons (Fsp3) is 0.211. The van der Waals surface area contributed by atoms with E-state index in [0.29, 0.717) is 16.7 Å². The Labute approximate surface area is 173 Å². The lowest BCUT2D eigenvalue weighted by atomic mass is 9.95. The number of fused-ring (bicyclic) bond motifs is 1. The zero-order chi connectivity index (χ0) is 19.1. The Morgan fingerprint density at radius 2 is 1.96 bits per heavy atom. The van der Waals surface area contributed by atoms with Crippen molar-refractivity contribution < 1.29 is 5.11 Å². The molecule has 1 N–H and O–H groups in total. The molecule has 0 aliphatic carbocycles. The summed E-state index contributed by atoms with van der Waals surface area (Å²) in [5, 5.41) is 14.6. The average Bonchev–Trinajstić information content (AvgIpc) is 2.56. The van der Waals surface area contributed by atoms with Crippen molar-refractivity contribution in [2.75, 3.05) is 0 Å². The number of benzene rings is 2. The summed E-state index contributed by atoms with van der Waals surface area (Å²) in [5.41, 5.74) is 0.856. The van der Waals surface area contributed by atoms with Crippen LogP contribution in [0.3, 0.4) is 0 Å². The number of phenols is 1. The number of rotatable bonds is 2. The third-order valence-corrected chi connectivity index (χ3v) is 5.13. The van der Waals surface area contributed by atoms with E-state index in [1.54, 1.807) is 30.5 Å². The van der Waals surface area contributed by atoms with Crippen LogP contribution in [0.1, 0.15) is 32.2 Å². The maximum absolute atomic E-state index is 13.0. The second kappa shape index (κ2) is 7.11. The zero-order valence-corrected chi connectivity index (χ0v) is 18.2. The maximum atomic E-state index is 13.0. The van der Waals surface area contributed by atoms with Crippen LogP contribution in [0.15, 0.2) is 50.8 Å². The average molecular weight is 526 g/mol. The molecule has 0 saturated heterocycles. The van der Waals surface area contributed by atoms with Crippen molar-refractivity contribution in [1.82, 2.24) is 9.66 Å². The van der Waals surface area contributed by atoms with E-state index in [-0.39, 0.29) is 16.7 Å². The van der Waals surface area contributed by atoms with Crippen molar-refractivity contribution in [2.24, 2.45) is 5.10 Å². The summed E-state index contributed by atoms with van der Waals surface area (Å²) in [6.07, 6.45) is 1.60. The highest BCUT2D eigenvalue weighted by atomic mass is 127. The molecule has 0 saturated carbocycles. The Balaban J connectivity index is 2.22. The Morgan fingerprint density at radius 1 is 1.23 bits per heavy atom. The number of halogens is 2. The molecule has 0 bridgehead atoms. The van der Waals surface area contributed by atoms with Crippen LogP contribution in [0.2, 0.25) is 0 Å². The molecule has 1 heterocycles. The molecule has 0 spiro atoms. The highest BCUT2D eigenvalue weighted by Gasteiger charge is 2.22. The number of hydrogen-bond acceptors (Lipinski definition) is 4. The topological polar surface area (TPSA) is 67.5 Å². The summed E-state index contributed by atoms with van der Waals surface area (Å²) in [6, 6.07) is 10.6. The van der Waals surface area contributed by atoms with Gasteiger partial charge in [0, 0.05) is 9.89 Å². The van der Waals surface area contributed by atoms with Crippen LogP contribution in [0.5, 0.6) is 5.75 Å². The van der Waals surface area contributed by atoms with Crippen LogP contribution < -0.4 is 5.56 Å². The molecule has 0 aliphatic heterocycles. The minimum Gasteiger partial charge on any atom is -0.507 e. The first kappa shape index (κ1) is 19.0. The minimum absolute atomic E-state index is 0.215. The fourth-order valence-electron chi connectivity index (χ4n) is 2.47. The van der Waals surface area contributed by atoms with Crippen LogP contribution in [0.4, 0.5) is 0 Å². The van der Waals surface area contributed by atoms with Gasteiger partial charge in [0.05, 0.1) is 20.7 Å². The van der Waals surface area contributed by atoms with Crippen LogP contribution in [-0.4, -0.2) is 21.0 Å². The molecule has 0 amide bonds. The molecule has 0 fully saturated rings. The predicted molar refractivity (Wildman–Crippen MR) is 116 cm³/mol. The highest BCUT2D eigenvalue weighted by Crippen LogP contribution is 2.23. The molecular weight excluding hydrogens is 509 g/mol. The van der Waals surface area contributed by atoms with Crippen LogP contribution >= 0.6 is 38.5 Å². The smallest absolute Gasteiger partial charge is 0.282 e. The molecule has 0 aliphatic rings. The Bertz CT molecular complexity index is 1080. The summed E-state index contributed by atoms with van der Waals surface area (Å²) in [7, 11) is 0. The third kappa shape index (κ3) is 3.83. The van der Waals surface area contributed by atoms with Crippen molar-refractivity contribution in [3.05, 3.63) is 66.2 Å². The van der Waals surface area contributed by atoms with Gasteiger partial charge in [-0.1, -0.05) is 36.7 Å². The highest BCUT2D eigenvalue weighted by molar-refractivity contribution is 14.1. The van der Waals surface area contributed by atoms with Crippen molar-refractivity contribution in [3.63, 3.8) is 0 Å². The van der Waals surface area contributed by atoms with E-state index in [2.05, 4.69) is 26.0 Å². The summed E-state index contributed by atoms with van der Waals surface area (Å²) in [6.45, 7) is 5.99. The monoisotopic (exact) mass is 525 g/mol. The Hall–Kier alpha value is -1.74. The van der Waals surface area contributed by atoms with E-state index in [0.717, 1.165) is 13.6 Å². The van der Waals surface area contributed by atoms with E-state index in [1.165, 1.54) is 4.68 Å². The Kier molecular flexibility index (Phi) is 5.21. The van der Waals surface area contributed by atoms with Gasteiger partial charge in [0.25, 0.3) is 5.56 Å². The first-order chi connectivity index (χ1) is 12.2. The molecule has 7 heteroatoms. The van der Waals surface area contributed by atoms with Crippen molar-refractivity contribution in [1.29, 1.82) is 0 Å². The van der Waals surface area contributed by atoms with Crippen molar-refractivity contribution >= 4 is 55.6 Å². The second-order valence-electron chi connectivity index (χ2n) is 6.92. The largest absolute Gasteiger partial charge is 0.507 e. The molecule has 3 rings (SSSR count). The molecule has 0 unspecified atom stereocenters. The van der Waals surface area contributed by atoms with E-state index < -0.39 is 0 Å². The van der Waals surface area contributed by atoms with Crippen molar-refractivity contribution in [2.45, 2.75) is 26.2 Å². The van der Waals surface area contributed by atoms with Crippen molar-refractivity contribution in [3.8, 4) is 5.75 Å². The van der Waals surface area contributed by atoms with Crippen LogP contribution in [-0.2, 0) is 5.41 Å². The number of hydrogen-bond donors (Lipinski definition) is 1. The number of phenolic OH excluding ortho intramolecular Hbond substituents is 1. The number of nitrogens with zero attached hydrogens (tertiary/aromatic N) is 3. The van der Waals surface area contributed by atoms with E-state index in [1.807, 2.05) is 55.5 Å². The molecule has 5 nitrogen and oxygen atoms in total. The molecular formula is C19H17BrIN3O2. The Morgan fingerprint density at radius 3 is 2.62 bits per heavy atom. The van der Waals surface area contributed by atoms with Gasteiger partial charge in [-0.3, -0.25) is 4.79 Å². The van der Waals surface area contributed by atoms with Gasteiger partial charge in [-0.2, -0.15) is 9.78 Å². The van der Waals surface area contributed by atoms with Crippen LogP contribution in [0.25, 0.3) is 10.9 Å². The van der Waals surface area contributed by atoms with Gasteiger partial charge in [-0.15, -0.1) is 0 Å². The summed E-state index contributed by atoms with van der Waals surface area (Å²) >= 11 is 5.45. The molecule has 2 aromatic carbocycles. The maximum Gasteiger partial charge on any atom is 0.282 e. The molecule has 26 heavy (non-hydrogen) atoms. The molecule has 0 atom stereocenters. The standard InChI is InChI=1S/C19H17BrIN3O2/c1-19(2,3)18-23-15-6-5-12(20)9-13(15)17(26)24(18)22-10-11-4-7-16(25)14(21)8-11/h4-10,25H,1-3H3. The van der Waals surface area contributed by atoms with Crippen LogP contribution in [0, 0.1) is 3.57 Å². The van der Waals surface area contributed by atoms with E-state index >= 15 is 0 Å². The van der Waals surface area contributed by atoms with Gasteiger partial charge in [-0.05, 0) is 64.6 Å². The summed E-state index contributed by atoms with van der Waals surface area (Å²) < 4.78 is 2.89. The third-order valence-electron chi connectivity index (χ3n) is 3.77. The summed E-state index contributed by atoms with van der Waals surface area (Å²) in [4.78, 5) is 17.7. The quantitative estimate of drug-likeness (QED) is 0.391. The second-order valence-corrected chi connectivity index (χ2v) is 9.00. The lowest BCUT2D eigenvalue weighted by Crippen LogP contribution is -2.29. The fourth-order valence-corrected chi connectivity index (χ4v) is 3.37. The number of aromatic hydroxyl groups is 1. The van der Waals surface area contributed by atoms with Gasteiger partial charge in [0.2, 0.25) is 0 Å². The van der Waals surface area contributed by atoms with Gasteiger partial charge in [0.15, 0.2) is 0 Å². The molecule has 0 radical (unpaired) electrons. The lowest BCUT2D eigenvalue weighted by Gasteiger charge is -2.20. The minimum atomic E-state index is -0.360. The molecule has 134 valence electrons. The SMILES string of the molecule is CC(C)(C)c1nc2ccc(Br)cc2c(=O)n1N=Cc1ccc(O)c(I)c1. The van der Waals surface area contributed by atoms with Gasteiger partial charge in [0.1, 0.15) is 11.6 Å². The predicted octanol–water partition coefficient (Wildman–Crippen LogP) is 4.65. The van der Waals surface area contributed by atoms with Gasteiger partial charge >= 0.3 is 0 Å². The van der Waals surface area contributed by atoms with E-state index in [4.69, 9.17) is 0 Å². The molecule has 1 aromatic heterocycles. The zero-order valence-electron chi connectivity index (χ0n) is 14.5. The van der Waals surface area contributed by atoms with Gasteiger partial charge < -0.3 is 5.11 Å². The summed E-state index contributed by atoms with van der Waals surface area (Å²) in [5.74, 6) is 0.801. The lowest BCUT2D eigenvalue weighted by molar-refractivity contribution is 0.471. The van der Waals surface area contributed by atoms with E-state index in [9.17, 15) is 9.90 Å². The molecule has 3 aromatic rings.